The number of benzene rings is 1. The summed E-state index contributed by atoms with van der Waals surface area (Å²) in [5.41, 5.74) is 2.71. The number of rotatable bonds is 3. The smallest absolute Gasteiger partial charge is 0.265 e. The minimum Gasteiger partial charge on any atom is -0.392 e. The van der Waals surface area contributed by atoms with Gasteiger partial charge in [-0.1, -0.05) is 18.2 Å². The standard InChI is InChI=1S/C15H15NO2S2/c17-8-10-3-1-2-4-12(10)16-15(18)14-7-11-9-19-6-5-13(11)20-14/h1-4,7,17H,5-6,8-9H2,(H,16,18). The highest BCUT2D eigenvalue weighted by molar-refractivity contribution is 7.98. The fourth-order valence-electron chi connectivity index (χ4n) is 2.22. The predicted octanol–water partition coefficient (Wildman–Crippen LogP) is 3.28. The van der Waals surface area contributed by atoms with Crippen LogP contribution in [-0.2, 0) is 18.8 Å². The van der Waals surface area contributed by atoms with Crippen LogP contribution in [0.3, 0.4) is 0 Å². The molecule has 1 aliphatic rings. The van der Waals surface area contributed by atoms with Crippen LogP contribution in [0.1, 0.15) is 25.7 Å². The van der Waals surface area contributed by atoms with E-state index in [1.807, 2.05) is 42.1 Å². The van der Waals surface area contributed by atoms with Gasteiger partial charge in [-0.15, -0.1) is 11.3 Å². The molecule has 3 nitrogen and oxygen atoms in total. The van der Waals surface area contributed by atoms with E-state index in [1.165, 1.54) is 10.4 Å². The second-order valence-electron chi connectivity index (χ2n) is 4.63. The number of nitrogens with one attached hydrogen (secondary N) is 1. The number of thioether (sulfide) groups is 1. The van der Waals surface area contributed by atoms with Crippen LogP contribution < -0.4 is 5.32 Å². The van der Waals surface area contributed by atoms with Crippen molar-refractivity contribution in [1.29, 1.82) is 0 Å². The Bertz CT molecular complexity index is 613. The summed E-state index contributed by atoms with van der Waals surface area (Å²) in [7, 11) is 0. The fourth-order valence-corrected chi connectivity index (χ4v) is 4.49. The third-order valence-corrected chi connectivity index (χ3v) is 5.53. The van der Waals surface area contributed by atoms with Crippen molar-refractivity contribution in [3.05, 3.63) is 51.2 Å². The maximum absolute atomic E-state index is 12.3. The summed E-state index contributed by atoms with van der Waals surface area (Å²) in [6.07, 6.45) is 1.06. The molecule has 2 heterocycles. The van der Waals surface area contributed by atoms with Gasteiger partial charge < -0.3 is 10.4 Å². The van der Waals surface area contributed by atoms with Crippen LogP contribution in [0.4, 0.5) is 5.69 Å². The molecule has 0 saturated carbocycles. The van der Waals surface area contributed by atoms with E-state index >= 15 is 0 Å². The highest BCUT2D eigenvalue weighted by Gasteiger charge is 2.18. The van der Waals surface area contributed by atoms with Crippen molar-refractivity contribution in [3.63, 3.8) is 0 Å². The highest BCUT2D eigenvalue weighted by atomic mass is 32.2. The average Bonchev–Trinajstić information content (AvgIpc) is 2.92. The summed E-state index contributed by atoms with van der Waals surface area (Å²) in [4.78, 5) is 14.4. The second-order valence-corrected chi connectivity index (χ2v) is 6.87. The van der Waals surface area contributed by atoms with Gasteiger partial charge in [0.05, 0.1) is 11.5 Å². The zero-order valence-electron chi connectivity index (χ0n) is 10.9. The number of hydrogen-bond acceptors (Lipinski definition) is 4. The first-order valence-corrected chi connectivity index (χ1v) is 8.44. The number of carbonyl (C=O) groups excluding carboxylic acids is 1. The summed E-state index contributed by atoms with van der Waals surface area (Å²) >= 11 is 3.50. The molecule has 0 radical (unpaired) electrons. The Morgan fingerprint density at radius 2 is 2.20 bits per heavy atom. The number of carbonyl (C=O) groups is 1. The lowest BCUT2D eigenvalue weighted by molar-refractivity contribution is 0.103. The fraction of sp³-hybridized carbons (Fsp3) is 0.267. The van der Waals surface area contributed by atoms with Crippen LogP contribution >= 0.6 is 23.1 Å². The zero-order valence-corrected chi connectivity index (χ0v) is 12.5. The van der Waals surface area contributed by atoms with Crippen molar-refractivity contribution in [3.8, 4) is 0 Å². The summed E-state index contributed by atoms with van der Waals surface area (Å²) in [5.74, 6) is 2.06. The number of thiophene rings is 1. The average molecular weight is 305 g/mol. The SMILES string of the molecule is O=C(Nc1ccccc1CO)c1cc2c(s1)CCSC2. The van der Waals surface area contributed by atoms with Gasteiger partial charge in [0.25, 0.3) is 5.91 Å². The molecule has 20 heavy (non-hydrogen) atoms. The molecule has 2 N–H and O–H groups in total. The molecule has 2 aromatic rings. The van der Waals surface area contributed by atoms with Crippen LogP contribution in [0, 0.1) is 0 Å². The third kappa shape index (κ3) is 2.75. The van der Waals surface area contributed by atoms with Crippen molar-refractivity contribution in [2.45, 2.75) is 18.8 Å². The molecule has 0 aliphatic carbocycles. The number of fused-ring (bicyclic) bond motifs is 1. The minimum atomic E-state index is -0.0877. The van der Waals surface area contributed by atoms with E-state index in [-0.39, 0.29) is 12.5 Å². The van der Waals surface area contributed by atoms with Crippen LogP contribution in [0.15, 0.2) is 30.3 Å². The molecule has 5 heteroatoms. The second kappa shape index (κ2) is 5.99. The minimum absolute atomic E-state index is 0.0754. The van der Waals surface area contributed by atoms with E-state index in [2.05, 4.69) is 5.32 Å². The molecule has 1 aromatic carbocycles. The Morgan fingerprint density at radius 3 is 3.00 bits per heavy atom. The van der Waals surface area contributed by atoms with Gasteiger partial charge in [-0.05, 0) is 29.9 Å². The van der Waals surface area contributed by atoms with Crippen molar-refractivity contribution < 1.29 is 9.90 Å². The maximum Gasteiger partial charge on any atom is 0.265 e. The topological polar surface area (TPSA) is 49.3 Å². The predicted molar refractivity (Wildman–Crippen MR) is 84.5 cm³/mol. The Morgan fingerprint density at radius 1 is 1.35 bits per heavy atom. The molecule has 0 unspecified atom stereocenters. The summed E-state index contributed by atoms with van der Waals surface area (Å²) in [6, 6.07) is 9.33. The molecule has 1 aromatic heterocycles. The molecule has 0 fully saturated rings. The van der Waals surface area contributed by atoms with Crippen LogP contribution in [0.5, 0.6) is 0 Å². The van der Waals surface area contributed by atoms with Gasteiger partial charge in [0.2, 0.25) is 0 Å². The van der Waals surface area contributed by atoms with Crippen LogP contribution in [0.25, 0.3) is 0 Å². The first-order chi connectivity index (χ1) is 9.78. The van der Waals surface area contributed by atoms with Crippen molar-refractivity contribution in [1.82, 2.24) is 0 Å². The lowest BCUT2D eigenvalue weighted by atomic mass is 10.2. The number of anilines is 1. The molecule has 1 aliphatic heterocycles. The quantitative estimate of drug-likeness (QED) is 0.915. The number of para-hydroxylation sites is 1. The van der Waals surface area contributed by atoms with Gasteiger partial charge in [0.1, 0.15) is 0 Å². The van der Waals surface area contributed by atoms with Gasteiger partial charge in [-0.25, -0.2) is 0 Å². The first kappa shape index (κ1) is 13.7. The summed E-state index contributed by atoms with van der Waals surface area (Å²) in [5, 5.41) is 12.2. The van der Waals surface area contributed by atoms with Gasteiger partial charge >= 0.3 is 0 Å². The van der Waals surface area contributed by atoms with Crippen molar-refractivity contribution >= 4 is 34.7 Å². The van der Waals surface area contributed by atoms with Crippen LogP contribution in [0.2, 0.25) is 0 Å². The van der Waals surface area contributed by atoms with Crippen molar-refractivity contribution in [2.24, 2.45) is 0 Å². The molecule has 0 bridgehead atoms. The van der Waals surface area contributed by atoms with E-state index in [1.54, 1.807) is 11.3 Å². The molecular formula is C15H15NO2S2. The molecule has 1 amide bonds. The zero-order chi connectivity index (χ0) is 13.9. The highest BCUT2D eigenvalue weighted by Crippen LogP contribution is 2.32. The van der Waals surface area contributed by atoms with E-state index in [0.717, 1.165) is 28.4 Å². The molecule has 0 saturated heterocycles. The van der Waals surface area contributed by atoms with E-state index in [9.17, 15) is 9.90 Å². The number of amides is 1. The van der Waals surface area contributed by atoms with Crippen LogP contribution in [-0.4, -0.2) is 16.8 Å². The van der Waals surface area contributed by atoms with Crippen molar-refractivity contribution in [2.75, 3.05) is 11.1 Å². The first-order valence-electron chi connectivity index (χ1n) is 6.47. The Hall–Kier alpha value is -1.30. The van der Waals surface area contributed by atoms with E-state index < -0.39 is 0 Å². The molecular weight excluding hydrogens is 290 g/mol. The number of aryl methyl sites for hydroxylation is 1. The normalized spacial score (nSPS) is 13.8. The Balaban J connectivity index is 1.81. The molecule has 0 atom stereocenters. The molecule has 0 spiro atoms. The van der Waals surface area contributed by atoms with Gasteiger partial charge in [0.15, 0.2) is 0 Å². The Labute approximate surface area is 126 Å². The van der Waals surface area contributed by atoms with Gasteiger partial charge in [0, 0.05) is 21.9 Å². The molecule has 104 valence electrons. The van der Waals surface area contributed by atoms with E-state index in [0.29, 0.717) is 5.69 Å². The summed E-state index contributed by atoms with van der Waals surface area (Å²) < 4.78 is 0. The third-order valence-electron chi connectivity index (χ3n) is 3.29. The maximum atomic E-state index is 12.3. The number of hydrogen-bond donors (Lipinski definition) is 2. The summed E-state index contributed by atoms with van der Waals surface area (Å²) in [6.45, 7) is -0.0754. The van der Waals surface area contributed by atoms with Gasteiger partial charge in [-0.3, -0.25) is 4.79 Å². The lowest BCUT2D eigenvalue weighted by Crippen LogP contribution is -2.11. The number of aliphatic hydroxyl groups excluding tert-OH is 1. The number of aliphatic hydroxyl groups is 1. The lowest BCUT2D eigenvalue weighted by Gasteiger charge is -2.08. The van der Waals surface area contributed by atoms with E-state index in [4.69, 9.17) is 0 Å². The molecule has 3 rings (SSSR count). The largest absolute Gasteiger partial charge is 0.392 e. The van der Waals surface area contributed by atoms with Gasteiger partial charge in [-0.2, -0.15) is 11.8 Å². The monoisotopic (exact) mass is 305 g/mol. The Kier molecular flexibility index (Phi) is 4.10.